The van der Waals surface area contributed by atoms with Crippen LogP contribution in [0.25, 0.3) is 0 Å². The van der Waals surface area contributed by atoms with Gasteiger partial charge >= 0.3 is 0 Å². The number of halogens is 2. The molecule has 3 heteroatoms. The number of alkyl halides is 1. The number of rotatable bonds is 14. The van der Waals surface area contributed by atoms with Crippen LogP contribution in [0.1, 0.15) is 51.4 Å². The maximum Gasteiger partial charge on any atom is 0.115 e. The molecule has 0 heterocycles. The van der Waals surface area contributed by atoms with Gasteiger partial charge in [0.15, 0.2) is 0 Å². The maximum atomic E-state index is 5.76. The van der Waals surface area contributed by atoms with Crippen molar-refractivity contribution >= 4 is 34.8 Å². The quantitative estimate of drug-likeness (QED) is 0.0824. The first-order valence-electron chi connectivity index (χ1n) is 12.1. The first kappa shape index (κ1) is 28.1. The van der Waals surface area contributed by atoms with Crippen LogP contribution >= 0.6 is 18.9 Å². The van der Waals surface area contributed by atoms with E-state index in [4.69, 9.17) is 11.6 Å². The standard InChI is InChI=1S/C30H37ClP.HI/c31-26-18-7-5-3-1-2-4-6-8-19-27-32(28-20-12-9-13-21-28,29-22-14-10-15-23-29)30-24-16-11-17-25-30;/h8-17,19-25H,1-7,18,26-27H2;1H/q+1;/p-1. The van der Waals surface area contributed by atoms with Crippen molar-refractivity contribution in [2.75, 3.05) is 12.0 Å². The molecule has 0 bridgehead atoms. The minimum atomic E-state index is -1.73. The average molecular weight is 591 g/mol. The SMILES string of the molecule is ClCCCCCCCCCC=CC[P+](c1ccccc1)(c1ccccc1)c1ccccc1.[I-]. The molecule has 0 amide bonds. The molecule has 0 saturated carbocycles. The highest BCUT2D eigenvalue weighted by molar-refractivity contribution is 7.95. The summed E-state index contributed by atoms with van der Waals surface area (Å²) in [5.41, 5.74) is 0. The van der Waals surface area contributed by atoms with Crippen LogP contribution in [-0.4, -0.2) is 12.0 Å². The summed E-state index contributed by atoms with van der Waals surface area (Å²) >= 11 is 5.76. The third-order valence-corrected chi connectivity index (χ3v) is 10.7. The van der Waals surface area contributed by atoms with E-state index in [2.05, 4.69) is 103 Å². The molecule has 3 rings (SSSR count). The summed E-state index contributed by atoms with van der Waals surface area (Å²) in [6.45, 7) is 0. The molecule has 176 valence electrons. The Hall–Kier alpha value is -1.15. The molecule has 0 spiro atoms. The van der Waals surface area contributed by atoms with E-state index in [1.54, 1.807) is 0 Å². The zero-order valence-electron chi connectivity index (χ0n) is 19.6. The Morgan fingerprint density at radius 1 is 0.515 bits per heavy atom. The van der Waals surface area contributed by atoms with E-state index in [0.29, 0.717) is 0 Å². The van der Waals surface area contributed by atoms with Crippen molar-refractivity contribution in [3.05, 3.63) is 103 Å². The Morgan fingerprint density at radius 2 is 0.909 bits per heavy atom. The van der Waals surface area contributed by atoms with Crippen molar-refractivity contribution in [3.8, 4) is 0 Å². The van der Waals surface area contributed by atoms with Crippen molar-refractivity contribution in [2.24, 2.45) is 0 Å². The fourth-order valence-corrected chi connectivity index (χ4v) is 8.63. The van der Waals surface area contributed by atoms with E-state index < -0.39 is 7.26 Å². The van der Waals surface area contributed by atoms with Gasteiger partial charge in [-0.2, -0.15) is 0 Å². The molecule has 33 heavy (non-hydrogen) atoms. The molecule has 3 aromatic carbocycles. The van der Waals surface area contributed by atoms with Gasteiger partial charge in [0.1, 0.15) is 23.2 Å². The number of unbranched alkanes of at least 4 members (excludes halogenated alkanes) is 7. The Labute approximate surface area is 224 Å². The first-order valence-corrected chi connectivity index (χ1v) is 14.6. The summed E-state index contributed by atoms with van der Waals surface area (Å²) in [6.07, 6.45) is 16.3. The van der Waals surface area contributed by atoms with Crippen molar-refractivity contribution in [3.63, 3.8) is 0 Å². The molecule has 0 saturated heterocycles. The third kappa shape index (κ3) is 8.53. The molecule has 0 radical (unpaired) electrons. The molecular formula is C30H37ClIP. The van der Waals surface area contributed by atoms with Crippen LogP contribution < -0.4 is 39.9 Å². The topological polar surface area (TPSA) is 0 Å². The van der Waals surface area contributed by atoms with Gasteiger partial charge in [-0.05, 0) is 55.7 Å². The van der Waals surface area contributed by atoms with Gasteiger partial charge in [0, 0.05) is 5.88 Å². The Balaban J connectivity index is 0.00000385. The predicted molar refractivity (Wildman–Crippen MR) is 147 cm³/mol. The van der Waals surface area contributed by atoms with Crippen LogP contribution in [-0.2, 0) is 0 Å². The lowest BCUT2D eigenvalue weighted by atomic mass is 10.1. The summed E-state index contributed by atoms with van der Waals surface area (Å²) in [6, 6.07) is 33.4. The largest absolute Gasteiger partial charge is 1.00 e. The molecule has 0 aliphatic rings. The van der Waals surface area contributed by atoms with Gasteiger partial charge < -0.3 is 24.0 Å². The molecule has 3 aromatic rings. The van der Waals surface area contributed by atoms with E-state index in [9.17, 15) is 0 Å². The van der Waals surface area contributed by atoms with Gasteiger partial charge in [-0.25, -0.2) is 0 Å². The minimum absolute atomic E-state index is 0. The molecular weight excluding hydrogens is 554 g/mol. The molecule has 0 atom stereocenters. The van der Waals surface area contributed by atoms with Crippen LogP contribution in [0.15, 0.2) is 103 Å². The fraction of sp³-hybridized carbons (Fsp3) is 0.333. The van der Waals surface area contributed by atoms with Gasteiger partial charge in [0.2, 0.25) is 0 Å². The van der Waals surface area contributed by atoms with E-state index >= 15 is 0 Å². The van der Waals surface area contributed by atoms with Crippen LogP contribution in [0.2, 0.25) is 0 Å². The first-order chi connectivity index (χ1) is 15.9. The monoisotopic (exact) mass is 590 g/mol. The van der Waals surface area contributed by atoms with E-state index in [-0.39, 0.29) is 24.0 Å². The number of allylic oxidation sites excluding steroid dienone is 2. The van der Waals surface area contributed by atoms with Crippen LogP contribution in [0.3, 0.4) is 0 Å². The highest BCUT2D eigenvalue weighted by Gasteiger charge is 2.43. The van der Waals surface area contributed by atoms with Crippen LogP contribution in [0.4, 0.5) is 0 Å². The van der Waals surface area contributed by atoms with Crippen molar-refractivity contribution in [1.29, 1.82) is 0 Å². The zero-order chi connectivity index (χ0) is 22.3. The molecule has 0 N–H and O–H groups in total. The number of hydrogen-bond acceptors (Lipinski definition) is 0. The van der Waals surface area contributed by atoms with Crippen LogP contribution in [0, 0.1) is 0 Å². The lowest BCUT2D eigenvalue weighted by Crippen LogP contribution is -3.00. The average Bonchev–Trinajstić information content (AvgIpc) is 2.87. The zero-order valence-corrected chi connectivity index (χ0v) is 23.4. The molecule has 0 aliphatic carbocycles. The van der Waals surface area contributed by atoms with E-state index in [1.807, 2.05) is 0 Å². The maximum absolute atomic E-state index is 5.76. The lowest BCUT2D eigenvalue weighted by molar-refractivity contribution is -0.00000632. The Bertz CT molecular complexity index is 800. The van der Waals surface area contributed by atoms with Crippen molar-refractivity contribution in [2.45, 2.75) is 51.4 Å². The van der Waals surface area contributed by atoms with Gasteiger partial charge in [0.05, 0.1) is 6.16 Å². The molecule has 0 aliphatic heterocycles. The van der Waals surface area contributed by atoms with Crippen molar-refractivity contribution in [1.82, 2.24) is 0 Å². The predicted octanol–water partition coefficient (Wildman–Crippen LogP) is 4.90. The number of hydrogen-bond donors (Lipinski definition) is 0. The summed E-state index contributed by atoms with van der Waals surface area (Å²) in [4.78, 5) is 0. The minimum Gasteiger partial charge on any atom is -1.00 e. The summed E-state index contributed by atoms with van der Waals surface area (Å²) in [5.74, 6) is 0.809. The molecule has 0 aromatic heterocycles. The summed E-state index contributed by atoms with van der Waals surface area (Å²) in [5, 5.41) is 4.37. The fourth-order valence-electron chi connectivity index (χ4n) is 4.40. The molecule has 0 unspecified atom stereocenters. The summed E-state index contributed by atoms with van der Waals surface area (Å²) in [7, 11) is -1.73. The highest BCUT2D eigenvalue weighted by atomic mass is 127. The molecule has 0 fully saturated rings. The lowest BCUT2D eigenvalue weighted by Gasteiger charge is -2.26. The van der Waals surface area contributed by atoms with Gasteiger partial charge in [-0.15, -0.1) is 11.6 Å². The number of benzene rings is 3. The second kappa shape index (κ2) is 16.5. The van der Waals surface area contributed by atoms with Crippen molar-refractivity contribution < 1.29 is 24.0 Å². The van der Waals surface area contributed by atoms with Crippen LogP contribution in [0.5, 0.6) is 0 Å². The Morgan fingerprint density at radius 3 is 1.33 bits per heavy atom. The second-order valence-corrected chi connectivity index (χ2v) is 12.3. The smallest absolute Gasteiger partial charge is 0.115 e. The Kier molecular flexibility index (Phi) is 14.0. The van der Waals surface area contributed by atoms with Gasteiger partial charge in [0.25, 0.3) is 0 Å². The van der Waals surface area contributed by atoms with Gasteiger partial charge in [-0.1, -0.05) is 98.9 Å². The highest BCUT2D eigenvalue weighted by Crippen LogP contribution is 2.55. The molecule has 0 nitrogen and oxygen atoms in total. The normalized spacial score (nSPS) is 11.4. The van der Waals surface area contributed by atoms with E-state index in [0.717, 1.165) is 12.0 Å². The van der Waals surface area contributed by atoms with Gasteiger partial charge in [-0.3, -0.25) is 0 Å². The third-order valence-electron chi connectivity index (χ3n) is 6.14. The summed E-state index contributed by atoms with van der Waals surface area (Å²) < 4.78 is 0. The second-order valence-electron chi connectivity index (χ2n) is 8.42. The van der Waals surface area contributed by atoms with E-state index in [1.165, 1.54) is 67.3 Å².